The first kappa shape index (κ1) is 10.2. The van der Waals surface area contributed by atoms with Gasteiger partial charge in [0.05, 0.1) is 8.07 Å². The normalized spacial score (nSPS) is 23.8. The lowest BCUT2D eigenvalue weighted by Gasteiger charge is -2.21. The van der Waals surface area contributed by atoms with Crippen molar-refractivity contribution in [3.63, 3.8) is 0 Å². The largest absolute Gasteiger partial charge is 0.454 e. The molecule has 68 valence electrons. The lowest BCUT2D eigenvalue weighted by Crippen LogP contribution is -2.31. The van der Waals surface area contributed by atoms with E-state index in [1.807, 2.05) is 0 Å². The van der Waals surface area contributed by atoms with Gasteiger partial charge in [0.2, 0.25) is 0 Å². The van der Waals surface area contributed by atoms with Crippen LogP contribution < -0.4 is 0 Å². The van der Waals surface area contributed by atoms with Crippen molar-refractivity contribution < 1.29 is 9.53 Å². The van der Waals surface area contributed by atoms with E-state index in [0.29, 0.717) is 0 Å². The van der Waals surface area contributed by atoms with Crippen molar-refractivity contribution in [3.05, 3.63) is 11.3 Å². The molecule has 1 heterocycles. The topological polar surface area (TPSA) is 26.3 Å². The van der Waals surface area contributed by atoms with Crippen LogP contribution in [-0.4, -0.2) is 24.6 Å². The smallest absolute Gasteiger partial charge is 0.331 e. The third kappa shape index (κ3) is 2.10. The number of carbonyl (C=O) groups excluding carboxylic acids is 1. The number of hydrogen-bond acceptors (Lipinski definition) is 2. The Morgan fingerprint density at radius 2 is 2.17 bits per heavy atom. The van der Waals surface area contributed by atoms with Gasteiger partial charge >= 0.3 is 5.97 Å². The number of rotatable bonds is 2. The molecule has 2 nitrogen and oxygen atoms in total. The fraction of sp³-hybridized carbons (Fsp3) is 0.625. The van der Waals surface area contributed by atoms with E-state index >= 15 is 0 Å². The summed E-state index contributed by atoms with van der Waals surface area (Å²) in [5.41, 5.74) is 0. The molecule has 1 rings (SSSR count). The SMILES string of the molecule is C[Si](C)(C)C1=CC(=O)O[C@@H]1CI. The van der Waals surface area contributed by atoms with Crippen LogP contribution in [0, 0.1) is 0 Å². The van der Waals surface area contributed by atoms with Crippen LogP contribution in [0.5, 0.6) is 0 Å². The molecule has 0 radical (unpaired) electrons. The zero-order chi connectivity index (χ0) is 9.35. The van der Waals surface area contributed by atoms with Gasteiger partial charge in [0, 0.05) is 10.5 Å². The van der Waals surface area contributed by atoms with E-state index in [9.17, 15) is 4.79 Å². The molecule has 0 N–H and O–H groups in total. The highest BCUT2D eigenvalue weighted by atomic mass is 127. The number of esters is 1. The van der Waals surface area contributed by atoms with E-state index in [0.717, 1.165) is 4.43 Å². The van der Waals surface area contributed by atoms with Crippen LogP contribution in [0.1, 0.15) is 0 Å². The molecular formula is C8H13IO2Si. The van der Waals surface area contributed by atoms with Gasteiger partial charge < -0.3 is 4.74 Å². The van der Waals surface area contributed by atoms with Crippen molar-refractivity contribution in [2.75, 3.05) is 4.43 Å². The summed E-state index contributed by atoms with van der Waals surface area (Å²) in [7, 11) is -1.34. The fourth-order valence-corrected chi connectivity index (χ4v) is 4.02. The van der Waals surface area contributed by atoms with Crippen LogP contribution in [0.3, 0.4) is 0 Å². The van der Waals surface area contributed by atoms with Crippen LogP contribution in [0.2, 0.25) is 19.6 Å². The van der Waals surface area contributed by atoms with Gasteiger partial charge in [0.25, 0.3) is 0 Å². The molecule has 0 saturated carbocycles. The van der Waals surface area contributed by atoms with E-state index in [4.69, 9.17) is 4.74 Å². The van der Waals surface area contributed by atoms with Gasteiger partial charge in [-0.05, 0) is 5.20 Å². The molecule has 4 heteroatoms. The summed E-state index contributed by atoms with van der Waals surface area (Å²) in [4.78, 5) is 11.0. The molecule has 0 aromatic rings. The predicted molar refractivity (Wildman–Crippen MR) is 60.2 cm³/mol. The van der Waals surface area contributed by atoms with Crippen molar-refractivity contribution in [1.29, 1.82) is 0 Å². The third-order valence-electron chi connectivity index (χ3n) is 1.88. The highest BCUT2D eigenvalue weighted by Crippen LogP contribution is 2.26. The van der Waals surface area contributed by atoms with Gasteiger partial charge in [-0.15, -0.1) is 0 Å². The Balaban J connectivity index is 2.87. The third-order valence-corrected chi connectivity index (χ3v) is 4.88. The minimum Gasteiger partial charge on any atom is -0.454 e. The summed E-state index contributed by atoms with van der Waals surface area (Å²) in [6.45, 7) is 6.71. The quantitative estimate of drug-likeness (QED) is 0.338. The average molecular weight is 296 g/mol. The number of cyclic esters (lactones) is 1. The van der Waals surface area contributed by atoms with Gasteiger partial charge in [0.15, 0.2) is 0 Å². The van der Waals surface area contributed by atoms with Crippen LogP contribution in [0.25, 0.3) is 0 Å². The molecule has 0 aliphatic carbocycles. The van der Waals surface area contributed by atoms with Crippen LogP contribution in [0.4, 0.5) is 0 Å². The lowest BCUT2D eigenvalue weighted by molar-refractivity contribution is -0.137. The summed E-state index contributed by atoms with van der Waals surface area (Å²) >= 11 is 2.26. The Kier molecular flexibility index (Phi) is 2.98. The maximum atomic E-state index is 11.0. The second-order valence-electron chi connectivity index (χ2n) is 3.93. The molecule has 0 saturated heterocycles. The van der Waals surface area contributed by atoms with Crippen molar-refractivity contribution in [1.82, 2.24) is 0 Å². The Labute approximate surface area is 87.5 Å². The zero-order valence-electron chi connectivity index (χ0n) is 7.56. The van der Waals surface area contributed by atoms with Gasteiger partial charge in [-0.3, -0.25) is 0 Å². The van der Waals surface area contributed by atoms with Gasteiger partial charge in [0.1, 0.15) is 6.10 Å². The first-order valence-electron chi connectivity index (χ1n) is 3.94. The minimum absolute atomic E-state index is 0.0600. The summed E-state index contributed by atoms with van der Waals surface area (Å²) in [6, 6.07) is 0. The van der Waals surface area contributed by atoms with Crippen molar-refractivity contribution in [2.24, 2.45) is 0 Å². The molecule has 0 spiro atoms. The van der Waals surface area contributed by atoms with E-state index in [1.165, 1.54) is 5.20 Å². The molecule has 12 heavy (non-hydrogen) atoms. The number of hydrogen-bond donors (Lipinski definition) is 0. The summed E-state index contributed by atoms with van der Waals surface area (Å²) < 4.78 is 6.02. The van der Waals surface area contributed by atoms with Crippen molar-refractivity contribution in [2.45, 2.75) is 25.7 Å². The molecule has 1 aliphatic heterocycles. The number of alkyl halides is 1. The summed E-state index contributed by atoms with van der Waals surface area (Å²) in [6.07, 6.45) is 1.75. The Hall–Kier alpha value is 0.157. The molecule has 0 amide bonds. The van der Waals surface area contributed by atoms with Crippen LogP contribution in [0.15, 0.2) is 11.3 Å². The minimum atomic E-state index is -1.34. The van der Waals surface area contributed by atoms with E-state index < -0.39 is 8.07 Å². The number of ether oxygens (including phenoxy) is 1. The fourth-order valence-electron chi connectivity index (χ4n) is 1.27. The number of carbonyl (C=O) groups is 1. The van der Waals surface area contributed by atoms with E-state index in [-0.39, 0.29) is 12.1 Å². The first-order chi connectivity index (χ1) is 5.45. The van der Waals surface area contributed by atoms with Crippen molar-refractivity contribution in [3.8, 4) is 0 Å². The number of halogens is 1. The van der Waals surface area contributed by atoms with E-state index in [2.05, 4.69) is 42.2 Å². The lowest BCUT2D eigenvalue weighted by atomic mass is 10.4. The standard InChI is InChI=1S/C8H13IO2Si/c1-12(2,3)7-4-8(10)11-6(7)5-9/h4,6H,5H2,1-3H3/t6-/m1/s1. The molecule has 1 atom stereocenters. The molecule has 0 bridgehead atoms. The zero-order valence-corrected chi connectivity index (χ0v) is 10.7. The van der Waals surface area contributed by atoms with Gasteiger partial charge in [-0.25, -0.2) is 4.79 Å². The Morgan fingerprint density at radius 1 is 1.58 bits per heavy atom. The monoisotopic (exact) mass is 296 g/mol. The summed E-state index contributed by atoms with van der Waals surface area (Å²) in [5.74, 6) is -0.158. The maximum absolute atomic E-state index is 11.0. The summed E-state index contributed by atoms with van der Waals surface area (Å²) in [5, 5.41) is 1.25. The Morgan fingerprint density at radius 3 is 2.50 bits per heavy atom. The maximum Gasteiger partial charge on any atom is 0.331 e. The highest BCUT2D eigenvalue weighted by Gasteiger charge is 2.33. The molecule has 0 unspecified atom stereocenters. The molecule has 1 aliphatic rings. The van der Waals surface area contributed by atoms with Crippen molar-refractivity contribution >= 4 is 36.6 Å². The predicted octanol–water partition coefficient (Wildman–Crippen LogP) is 2.15. The van der Waals surface area contributed by atoms with Gasteiger partial charge in [-0.1, -0.05) is 42.2 Å². The van der Waals surface area contributed by atoms with Crippen LogP contribution >= 0.6 is 22.6 Å². The van der Waals surface area contributed by atoms with Crippen LogP contribution in [-0.2, 0) is 9.53 Å². The first-order valence-corrected chi connectivity index (χ1v) is 8.96. The Bertz CT molecular complexity index is 230. The highest BCUT2D eigenvalue weighted by molar-refractivity contribution is 14.1. The molecule has 0 aromatic heterocycles. The molecule has 0 aromatic carbocycles. The molecule has 0 fully saturated rings. The van der Waals surface area contributed by atoms with E-state index in [1.54, 1.807) is 6.08 Å². The second-order valence-corrected chi connectivity index (χ2v) is 9.89. The second kappa shape index (κ2) is 3.49. The van der Waals surface area contributed by atoms with Gasteiger partial charge in [-0.2, -0.15) is 0 Å². The average Bonchev–Trinajstić information content (AvgIpc) is 2.29. The molecular weight excluding hydrogens is 283 g/mol.